The third-order valence-electron chi connectivity index (χ3n) is 3.49. The predicted molar refractivity (Wildman–Crippen MR) is 86.6 cm³/mol. The Morgan fingerprint density at radius 2 is 1.86 bits per heavy atom. The van der Waals surface area contributed by atoms with E-state index in [-0.39, 0.29) is 11.8 Å². The molecule has 0 heterocycles. The maximum atomic E-state index is 12.3. The molecular formula is C17H26N2O3. The third-order valence-corrected chi connectivity index (χ3v) is 3.49. The smallest absolute Gasteiger partial charge is 0.242 e. The van der Waals surface area contributed by atoms with Gasteiger partial charge >= 0.3 is 0 Å². The van der Waals surface area contributed by atoms with E-state index in [2.05, 4.69) is 5.32 Å². The Balaban J connectivity index is 2.89. The lowest BCUT2D eigenvalue weighted by molar-refractivity contribution is -0.140. The number of benzene rings is 1. The van der Waals surface area contributed by atoms with Gasteiger partial charge in [0, 0.05) is 19.5 Å². The van der Waals surface area contributed by atoms with Crippen LogP contribution in [0.5, 0.6) is 5.75 Å². The number of nitrogens with zero attached hydrogens (tertiary/aromatic N) is 1. The zero-order valence-electron chi connectivity index (χ0n) is 13.9. The fourth-order valence-electron chi connectivity index (χ4n) is 2.19. The van der Waals surface area contributed by atoms with Crippen molar-refractivity contribution in [3.8, 4) is 5.75 Å². The van der Waals surface area contributed by atoms with Crippen LogP contribution < -0.4 is 10.1 Å². The van der Waals surface area contributed by atoms with Gasteiger partial charge in [0.15, 0.2) is 0 Å². The van der Waals surface area contributed by atoms with Crippen LogP contribution in [0.2, 0.25) is 0 Å². The van der Waals surface area contributed by atoms with Crippen molar-refractivity contribution in [2.45, 2.75) is 46.2 Å². The van der Waals surface area contributed by atoms with Crippen molar-refractivity contribution in [3.63, 3.8) is 0 Å². The largest absolute Gasteiger partial charge is 0.497 e. The van der Waals surface area contributed by atoms with Crippen LogP contribution in [0.4, 0.5) is 0 Å². The van der Waals surface area contributed by atoms with Crippen molar-refractivity contribution < 1.29 is 14.3 Å². The summed E-state index contributed by atoms with van der Waals surface area (Å²) in [5.41, 5.74) is 0.974. The highest BCUT2D eigenvalue weighted by molar-refractivity contribution is 5.87. The molecule has 1 aromatic rings. The summed E-state index contributed by atoms with van der Waals surface area (Å²) in [5.74, 6) is 0.643. The average molecular weight is 306 g/mol. The van der Waals surface area contributed by atoms with Gasteiger partial charge in [-0.15, -0.1) is 0 Å². The highest BCUT2D eigenvalue weighted by Crippen LogP contribution is 2.15. The maximum absolute atomic E-state index is 12.3. The molecule has 1 aromatic carbocycles. The molecular weight excluding hydrogens is 280 g/mol. The summed E-state index contributed by atoms with van der Waals surface area (Å²) >= 11 is 0. The first-order chi connectivity index (χ1) is 10.5. The van der Waals surface area contributed by atoms with Gasteiger partial charge in [-0.05, 0) is 38.0 Å². The van der Waals surface area contributed by atoms with Crippen LogP contribution in [-0.2, 0) is 16.1 Å². The molecule has 0 aromatic heterocycles. The maximum Gasteiger partial charge on any atom is 0.242 e. The van der Waals surface area contributed by atoms with Gasteiger partial charge in [-0.1, -0.05) is 19.1 Å². The molecule has 0 aliphatic rings. The van der Waals surface area contributed by atoms with E-state index < -0.39 is 6.04 Å². The summed E-state index contributed by atoms with van der Waals surface area (Å²) in [6.07, 6.45) is 1.21. The quantitative estimate of drug-likeness (QED) is 0.802. The minimum Gasteiger partial charge on any atom is -0.497 e. The second-order valence-corrected chi connectivity index (χ2v) is 5.19. The van der Waals surface area contributed by atoms with Gasteiger partial charge in [0.1, 0.15) is 11.8 Å². The third kappa shape index (κ3) is 5.06. The number of carbonyl (C=O) groups is 2. The van der Waals surface area contributed by atoms with Gasteiger partial charge in [-0.2, -0.15) is 0 Å². The number of methoxy groups -OCH3 is 1. The van der Waals surface area contributed by atoms with Gasteiger partial charge in [0.05, 0.1) is 7.11 Å². The molecule has 0 bridgehead atoms. The van der Waals surface area contributed by atoms with E-state index >= 15 is 0 Å². The van der Waals surface area contributed by atoms with E-state index in [9.17, 15) is 9.59 Å². The van der Waals surface area contributed by atoms with Crippen LogP contribution in [0.1, 0.15) is 39.2 Å². The molecule has 2 amide bonds. The monoisotopic (exact) mass is 306 g/mol. The number of ether oxygens (including phenoxy) is 1. The van der Waals surface area contributed by atoms with Crippen molar-refractivity contribution in [1.29, 1.82) is 0 Å². The van der Waals surface area contributed by atoms with Crippen molar-refractivity contribution in [2.75, 3.05) is 13.7 Å². The van der Waals surface area contributed by atoms with Crippen molar-refractivity contribution in [1.82, 2.24) is 10.2 Å². The normalized spacial score (nSPS) is 11.6. The molecule has 0 aliphatic heterocycles. The van der Waals surface area contributed by atoms with E-state index in [1.807, 2.05) is 38.1 Å². The number of hydrogen-bond acceptors (Lipinski definition) is 3. The molecule has 0 saturated carbocycles. The van der Waals surface area contributed by atoms with Crippen LogP contribution in [0, 0.1) is 0 Å². The molecule has 1 atom stereocenters. The number of nitrogens with one attached hydrogen (secondary N) is 1. The topological polar surface area (TPSA) is 58.6 Å². The van der Waals surface area contributed by atoms with E-state index in [4.69, 9.17) is 4.74 Å². The predicted octanol–water partition coefficient (Wildman–Crippen LogP) is 2.35. The Bertz CT molecular complexity index is 485. The first kappa shape index (κ1) is 18.0. The van der Waals surface area contributed by atoms with Gasteiger partial charge in [-0.3, -0.25) is 9.59 Å². The standard InChI is InChI=1S/C17H26N2O3/c1-5-7-16(20)19(13(3)17(21)18-6-2)12-14-8-10-15(22-4)11-9-14/h8-11,13H,5-7,12H2,1-4H3,(H,18,21). The van der Waals surface area contributed by atoms with Crippen LogP contribution in [0.25, 0.3) is 0 Å². The summed E-state index contributed by atoms with van der Waals surface area (Å²) in [6, 6.07) is 7.05. The van der Waals surface area contributed by atoms with E-state index in [1.54, 1.807) is 18.9 Å². The minimum atomic E-state index is -0.485. The summed E-state index contributed by atoms with van der Waals surface area (Å²) in [4.78, 5) is 26.0. The molecule has 0 aliphatic carbocycles. The Morgan fingerprint density at radius 3 is 2.36 bits per heavy atom. The Labute approximate surface area is 132 Å². The van der Waals surface area contributed by atoms with Crippen LogP contribution >= 0.6 is 0 Å². The molecule has 122 valence electrons. The lowest BCUT2D eigenvalue weighted by atomic mass is 10.1. The molecule has 1 rings (SSSR count). The molecule has 5 nitrogen and oxygen atoms in total. The van der Waals surface area contributed by atoms with Crippen molar-refractivity contribution in [2.24, 2.45) is 0 Å². The Hall–Kier alpha value is -2.04. The van der Waals surface area contributed by atoms with Crippen molar-refractivity contribution in [3.05, 3.63) is 29.8 Å². The lowest BCUT2D eigenvalue weighted by Crippen LogP contribution is -2.47. The van der Waals surface area contributed by atoms with Crippen LogP contribution in [0.3, 0.4) is 0 Å². The molecule has 0 fully saturated rings. The molecule has 1 unspecified atom stereocenters. The first-order valence-corrected chi connectivity index (χ1v) is 7.73. The molecule has 1 N–H and O–H groups in total. The Morgan fingerprint density at radius 1 is 1.23 bits per heavy atom. The van der Waals surface area contributed by atoms with Crippen LogP contribution in [0.15, 0.2) is 24.3 Å². The summed E-state index contributed by atoms with van der Waals surface area (Å²) in [7, 11) is 1.61. The Kier molecular flexibility index (Phi) is 7.43. The van der Waals surface area contributed by atoms with Gasteiger partial charge in [0.25, 0.3) is 0 Å². The fourth-order valence-corrected chi connectivity index (χ4v) is 2.19. The van der Waals surface area contributed by atoms with Gasteiger partial charge in [-0.25, -0.2) is 0 Å². The van der Waals surface area contributed by atoms with E-state index in [0.717, 1.165) is 17.7 Å². The lowest BCUT2D eigenvalue weighted by Gasteiger charge is -2.28. The van der Waals surface area contributed by atoms with Crippen LogP contribution in [-0.4, -0.2) is 36.4 Å². The molecule has 5 heteroatoms. The SMILES string of the molecule is CCCC(=O)N(Cc1ccc(OC)cc1)C(C)C(=O)NCC. The number of rotatable bonds is 8. The summed E-state index contributed by atoms with van der Waals surface area (Å²) in [5, 5.41) is 2.77. The van der Waals surface area contributed by atoms with Crippen molar-refractivity contribution >= 4 is 11.8 Å². The molecule has 0 saturated heterocycles. The average Bonchev–Trinajstić information content (AvgIpc) is 2.53. The molecule has 22 heavy (non-hydrogen) atoms. The van der Waals surface area contributed by atoms with E-state index in [0.29, 0.717) is 19.5 Å². The summed E-state index contributed by atoms with van der Waals surface area (Å²) < 4.78 is 5.13. The van der Waals surface area contributed by atoms with E-state index in [1.165, 1.54) is 0 Å². The number of carbonyl (C=O) groups excluding carboxylic acids is 2. The zero-order chi connectivity index (χ0) is 16.5. The minimum absolute atomic E-state index is 0.00271. The number of amides is 2. The highest BCUT2D eigenvalue weighted by Gasteiger charge is 2.25. The summed E-state index contributed by atoms with van der Waals surface area (Å²) in [6.45, 7) is 6.57. The number of likely N-dealkylation sites (N-methyl/N-ethyl adjacent to an activating group) is 1. The first-order valence-electron chi connectivity index (χ1n) is 7.73. The molecule has 0 spiro atoms. The highest BCUT2D eigenvalue weighted by atomic mass is 16.5. The second kappa shape index (κ2) is 9.07. The van der Waals surface area contributed by atoms with Gasteiger partial charge < -0.3 is 15.0 Å². The second-order valence-electron chi connectivity index (χ2n) is 5.19. The zero-order valence-corrected chi connectivity index (χ0v) is 13.9. The molecule has 0 radical (unpaired) electrons. The van der Waals surface area contributed by atoms with Gasteiger partial charge in [0.2, 0.25) is 11.8 Å². The fraction of sp³-hybridized carbons (Fsp3) is 0.529. The number of hydrogen-bond donors (Lipinski definition) is 1.